The number of nitrogen functional groups attached to an aromatic ring is 1. The maximum Gasteiger partial charge on any atom is 0.322 e. The van der Waals surface area contributed by atoms with Crippen LogP contribution in [0, 0.1) is 3.95 Å². The van der Waals surface area contributed by atoms with Crippen LogP contribution in [0.15, 0.2) is 23.1 Å². The molecule has 0 bridgehead atoms. The van der Waals surface area contributed by atoms with Gasteiger partial charge in [-0.05, 0) is 30.4 Å². The summed E-state index contributed by atoms with van der Waals surface area (Å²) in [7, 11) is -4.50. The van der Waals surface area contributed by atoms with Crippen LogP contribution < -0.4 is 5.73 Å². The van der Waals surface area contributed by atoms with Gasteiger partial charge in [-0.3, -0.25) is 14.7 Å². The number of sulfone groups is 1. The van der Waals surface area contributed by atoms with Crippen molar-refractivity contribution in [3.8, 4) is 10.6 Å². The van der Waals surface area contributed by atoms with Crippen molar-refractivity contribution in [3.05, 3.63) is 22.2 Å². The van der Waals surface area contributed by atoms with E-state index in [0.29, 0.717) is 0 Å². The van der Waals surface area contributed by atoms with Crippen LogP contribution in [-0.2, 0) is 19.4 Å². The highest BCUT2D eigenvalue weighted by Crippen LogP contribution is 2.33. The molecule has 1 aromatic heterocycles. The number of nitrogens with two attached hydrogens (primary N) is 1. The number of benzene rings is 1. The van der Waals surface area contributed by atoms with E-state index in [-0.39, 0.29) is 25.1 Å². The molecule has 1 unspecified atom stereocenters. The number of H-pyrrole nitrogens is 1. The first-order chi connectivity index (χ1) is 11.1. The number of carbonyl (C=O) groups is 2. The van der Waals surface area contributed by atoms with E-state index >= 15 is 0 Å². The van der Waals surface area contributed by atoms with E-state index in [9.17, 15) is 18.0 Å². The standard InChI is InChI=1S/C12H11N3O6S3/c13-5-1-2-7(6(3-5)10-14-15-12(22)23-10)24(20,21)8(11(18)19)4-9(16)17/h1-3,8H,4,13H2,(H,15,22)(H,16,17)(H,18,19). The molecule has 2 aromatic rings. The molecule has 0 saturated carbocycles. The zero-order chi connectivity index (χ0) is 18.1. The number of hydrogen-bond donors (Lipinski definition) is 4. The predicted octanol–water partition coefficient (Wildman–Crippen LogP) is 1.15. The minimum atomic E-state index is -4.50. The molecule has 0 aliphatic heterocycles. The Bertz CT molecular complexity index is 962. The van der Waals surface area contributed by atoms with E-state index < -0.39 is 33.4 Å². The van der Waals surface area contributed by atoms with Crippen molar-refractivity contribution in [2.45, 2.75) is 16.6 Å². The summed E-state index contributed by atoms with van der Waals surface area (Å²) in [5.74, 6) is -3.30. The number of aromatic amines is 1. The Morgan fingerprint density at radius 2 is 2.04 bits per heavy atom. The van der Waals surface area contributed by atoms with Crippen LogP contribution in [0.5, 0.6) is 0 Å². The normalized spacial score (nSPS) is 12.7. The molecule has 12 heteroatoms. The Labute approximate surface area is 144 Å². The Balaban J connectivity index is 2.68. The first kappa shape index (κ1) is 18.0. The lowest BCUT2D eigenvalue weighted by Gasteiger charge is -2.14. The fraction of sp³-hybridized carbons (Fsp3) is 0.167. The SMILES string of the molecule is Nc1ccc(S(=O)(=O)C(CC(=O)O)C(=O)O)c(-c2n[nH]c(=S)s2)c1. The topological polar surface area (TPSA) is 163 Å². The van der Waals surface area contributed by atoms with Gasteiger partial charge in [-0.15, -0.1) is 0 Å². The van der Waals surface area contributed by atoms with Gasteiger partial charge in [0.15, 0.2) is 19.0 Å². The van der Waals surface area contributed by atoms with Crippen molar-refractivity contribution in [2.24, 2.45) is 0 Å². The third kappa shape index (κ3) is 3.60. The van der Waals surface area contributed by atoms with Crippen LogP contribution in [0.2, 0.25) is 0 Å². The molecule has 9 nitrogen and oxygen atoms in total. The van der Waals surface area contributed by atoms with E-state index in [1.807, 2.05) is 0 Å². The number of aliphatic carboxylic acids is 2. The van der Waals surface area contributed by atoms with Gasteiger partial charge in [0.25, 0.3) is 0 Å². The van der Waals surface area contributed by atoms with Crippen LogP contribution in [0.1, 0.15) is 6.42 Å². The fourth-order valence-electron chi connectivity index (χ4n) is 1.95. The zero-order valence-corrected chi connectivity index (χ0v) is 14.2. The number of carboxylic acid groups (broad SMARTS) is 2. The van der Waals surface area contributed by atoms with Gasteiger partial charge in [-0.2, -0.15) is 5.10 Å². The number of anilines is 1. The summed E-state index contributed by atoms with van der Waals surface area (Å²) in [6.45, 7) is 0. The summed E-state index contributed by atoms with van der Waals surface area (Å²) >= 11 is 5.88. The monoisotopic (exact) mass is 389 g/mol. The minimum absolute atomic E-state index is 0.0592. The van der Waals surface area contributed by atoms with E-state index in [4.69, 9.17) is 28.2 Å². The lowest BCUT2D eigenvalue weighted by Crippen LogP contribution is -2.33. The van der Waals surface area contributed by atoms with Gasteiger partial charge in [0.2, 0.25) is 0 Å². The number of aromatic nitrogens is 2. The van der Waals surface area contributed by atoms with Gasteiger partial charge in [0, 0.05) is 11.3 Å². The summed E-state index contributed by atoms with van der Waals surface area (Å²) in [5, 5.41) is 22.4. The average Bonchev–Trinajstić information content (AvgIpc) is 2.90. The van der Waals surface area contributed by atoms with Crippen molar-refractivity contribution < 1.29 is 28.2 Å². The summed E-state index contributed by atoms with van der Waals surface area (Å²) in [5.41, 5.74) is 5.96. The number of hydrogen-bond acceptors (Lipinski definition) is 8. The lowest BCUT2D eigenvalue weighted by molar-refractivity contribution is -0.143. The molecule has 0 radical (unpaired) electrons. The summed E-state index contributed by atoms with van der Waals surface area (Å²) < 4.78 is 25.6. The average molecular weight is 389 g/mol. The Hall–Kier alpha value is -2.31. The second-order valence-corrected chi connectivity index (χ2v) is 8.41. The van der Waals surface area contributed by atoms with Gasteiger partial charge in [0.05, 0.1) is 11.3 Å². The molecule has 0 amide bonds. The second kappa shape index (κ2) is 6.67. The van der Waals surface area contributed by atoms with E-state index in [1.165, 1.54) is 12.1 Å². The van der Waals surface area contributed by atoms with Gasteiger partial charge in [-0.25, -0.2) is 8.42 Å². The number of nitrogens with one attached hydrogen (secondary N) is 1. The van der Waals surface area contributed by atoms with Crippen LogP contribution in [0.25, 0.3) is 10.6 Å². The van der Waals surface area contributed by atoms with E-state index in [1.54, 1.807) is 0 Å². The molecular formula is C12H11N3O6S3. The van der Waals surface area contributed by atoms with Crippen LogP contribution in [0.4, 0.5) is 5.69 Å². The smallest absolute Gasteiger partial charge is 0.322 e. The number of carboxylic acids is 2. The molecule has 1 atom stereocenters. The Kier molecular flexibility index (Phi) is 5.01. The van der Waals surface area contributed by atoms with Gasteiger partial charge in [-0.1, -0.05) is 11.3 Å². The molecule has 5 N–H and O–H groups in total. The maximum atomic E-state index is 12.7. The molecule has 0 fully saturated rings. The Morgan fingerprint density at radius 1 is 1.38 bits per heavy atom. The van der Waals surface area contributed by atoms with E-state index in [0.717, 1.165) is 17.4 Å². The molecule has 2 rings (SSSR count). The zero-order valence-electron chi connectivity index (χ0n) is 11.8. The van der Waals surface area contributed by atoms with Crippen molar-refractivity contribution in [1.82, 2.24) is 10.2 Å². The van der Waals surface area contributed by atoms with Crippen LogP contribution >= 0.6 is 23.6 Å². The second-order valence-electron chi connectivity index (χ2n) is 4.64. The Morgan fingerprint density at radius 3 is 2.54 bits per heavy atom. The molecule has 1 heterocycles. The fourth-order valence-corrected chi connectivity index (χ4v) is 4.59. The molecule has 24 heavy (non-hydrogen) atoms. The number of rotatable bonds is 6. The predicted molar refractivity (Wildman–Crippen MR) is 88.0 cm³/mol. The maximum absolute atomic E-state index is 12.7. The molecule has 128 valence electrons. The third-order valence-corrected chi connectivity index (χ3v) is 6.20. The molecule has 0 spiro atoms. The summed E-state index contributed by atoms with van der Waals surface area (Å²) in [6, 6.07) is 3.72. The highest BCUT2D eigenvalue weighted by atomic mass is 32.2. The summed E-state index contributed by atoms with van der Waals surface area (Å²) in [4.78, 5) is 21.7. The van der Waals surface area contributed by atoms with Crippen molar-refractivity contribution in [1.29, 1.82) is 0 Å². The van der Waals surface area contributed by atoms with Crippen LogP contribution in [0.3, 0.4) is 0 Å². The quantitative estimate of drug-likeness (QED) is 0.419. The van der Waals surface area contributed by atoms with Crippen molar-refractivity contribution in [2.75, 3.05) is 5.73 Å². The third-order valence-electron chi connectivity index (χ3n) is 2.99. The van der Waals surface area contributed by atoms with Gasteiger partial charge in [0.1, 0.15) is 5.01 Å². The van der Waals surface area contributed by atoms with Crippen LogP contribution in [-0.4, -0.2) is 46.0 Å². The minimum Gasteiger partial charge on any atom is -0.481 e. The van der Waals surface area contributed by atoms with Crippen molar-refractivity contribution >= 4 is 51.0 Å². The first-order valence-corrected chi connectivity index (χ1v) is 9.04. The molecule has 1 aromatic carbocycles. The number of nitrogens with zero attached hydrogens (tertiary/aromatic N) is 1. The summed E-state index contributed by atoms with van der Waals surface area (Å²) in [6.07, 6.45) is -1.07. The van der Waals surface area contributed by atoms with Gasteiger partial charge >= 0.3 is 11.9 Å². The lowest BCUT2D eigenvalue weighted by atomic mass is 10.2. The molecule has 0 aliphatic carbocycles. The molecule has 0 aliphatic rings. The van der Waals surface area contributed by atoms with Crippen molar-refractivity contribution in [3.63, 3.8) is 0 Å². The largest absolute Gasteiger partial charge is 0.481 e. The first-order valence-electron chi connectivity index (χ1n) is 6.27. The highest BCUT2D eigenvalue weighted by Gasteiger charge is 2.38. The van der Waals surface area contributed by atoms with Gasteiger partial charge < -0.3 is 15.9 Å². The van der Waals surface area contributed by atoms with E-state index in [2.05, 4.69) is 10.2 Å². The molecule has 0 saturated heterocycles. The highest BCUT2D eigenvalue weighted by molar-refractivity contribution is 7.93. The molecular weight excluding hydrogens is 378 g/mol.